The van der Waals surface area contributed by atoms with Crippen LogP contribution in [0.3, 0.4) is 0 Å². The maximum Gasteiger partial charge on any atom is 0.255 e. The van der Waals surface area contributed by atoms with Gasteiger partial charge in [0, 0.05) is 11.7 Å². The molecule has 4 heteroatoms. The summed E-state index contributed by atoms with van der Waals surface area (Å²) in [6.07, 6.45) is 0. The summed E-state index contributed by atoms with van der Waals surface area (Å²) in [6, 6.07) is 0.233. The molecule has 0 radical (unpaired) electrons. The number of rotatable bonds is 2. The van der Waals surface area contributed by atoms with Crippen molar-refractivity contribution in [3.05, 3.63) is 17.0 Å². The number of aromatic amines is 1. The van der Waals surface area contributed by atoms with Crippen LogP contribution in [0.2, 0.25) is 0 Å². The fourth-order valence-electron chi connectivity index (χ4n) is 2.65. The fourth-order valence-corrected chi connectivity index (χ4v) is 2.65. The molecule has 1 aromatic heterocycles. The summed E-state index contributed by atoms with van der Waals surface area (Å²) in [4.78, 5) is 12.2. The average Bonchev–Trinajstić information content (AvgIpc) is 2.51. The van der Waals surface area contributed by atoms with E-state index in [0.29, 0.717) is 5.56 Å². The number of aryl methyl sites for hydroxylation is 2. The second kappa shape index (κ2) is 3.34. The summed E-state index contributed by atoms with van der Waals surface area (Å²) >= 11 is 0. The van der Waals surface area contributed by atoms with E-state index in [4.69, 9.17) is 0 Å². The highest BCUT2D eigenvalue weighted by Gasteiger charge is 2.65. The molecule has 17 heavy (non-hydrogen) atoms. The molecule has 1 aliphatic carbocycles. The highest BCUT2D eigenvalue weighted by molar-refractivity contribution is 5.96. The Morgan fingerprint density at radius 1 is 1.24 bits per heavy atom. The van der Waals surface area contributed by atoms with Crippen molar-refractivity contribution in [3.8, 4) is 0 Å². The first-order chi connectivity index (χ1) is 7.69. The van der Waals surface area contributed by atoms with Gasteiger partial charge in [0.15, 0.2) is 0 Å². The topological polar surface area (TPSA) is 57.8 Å². The lowest BCUT2D eigenvalue weighted by molar-refractivity contribution is 0.0942. The molecule has 0 bridgehead atoms. The molecule has 2 N–H and O–H groups in total. The van der Waals surface area contributed by atoms with Crippen molar-refractivity contribution in [1.29, 1.82) is 0 Å². The standard InChI is InChI=1S/C13H21N3O/c1-7-9(8(2)16-15-7)10(17)14-11-12(3,4)13(11,5)6/h11H,1-6H3,(H,14,17)(H,15,16). The maximum absolute atomic E-state index is 12.2. The van der Waals surface area contributed by atoms with E-state index in [9.17, 15) is 4.79 Å². The van der Waals surface area contributed by atoms with Gasteiger partial charge in [0.25, 0.3) is 5.91 Å². The maximum atomic E-state index is 12.2. The predicted octanol–water partition coefficient (Wildman–Crippen LogP) is 2.19. The molecule has 0 aliphatic heterocycles. The van der Waals surface area contributed by atoms with Crippen molar-refractivity contribution in [2.24, 2.45) is 10.8 Å². The SMILES string of the molecule is Cc1n[nH]c(C)c1C(=O)NC1C(C)(C)C1(C)C. The van der Waals surface area contributed by atoms with Crippen LogP contribution in [-0.4, -0.2) is 22.1 Å². The van der Waals surface area contributed by atoms with Gasteiger partial charge in [-0.25, -0.2) is 0 Å². The first-order valence-electron chi connectivity index (χ1n) is 6.02. The lowest BCUT2D eigenvalue weighted by Gasteiger charge is -2.06. The Balaban J connectivity index is 2.15. The summed E-state index contributed by atoms with van der Waals surface area (Å²) in [5.74, 6) is -0.0163. The monoisotopic (exact) mass is 235 g/mol. The molecule has 1 amide bonds. The van der Waals surface area contributed by atoms with Gasteiger partial charge >= 0.3 is 0 Å². The number of carbonyl (C=O) groups excluding carboxylic acids is 1. The molecule has 1 fully saturated rings. The Morgan fingerprint density at radius 2 is 1.76 bits per heavy atom. The van der Waals surface area contributed by atoms with Crippen LogP contribution in [0.5, 0.6) is 0 Å². The average molecular weight is 235 g/mol. The van der Waals surface area contributed by atoms with E-state index in [1.54, 1.807) is 0 Å². The van der Waals surface area contributed by atoms with E-state index in [0.717, 1.165) is 11.4 Å². The second-order valence-corrected chi connectivity index (χ2v) is 6.16. The highest BCUT2D eigenvalue weighted by Crippen LogP contribution is 2.62. The first-order valence-corrected chi connectivity index (χ1v) is 6.02. The van der Waals surface area contributed by atoms with Crippen molar-refractivity contribution in [2.45, 2.75) is 47.6 Å². The molecule has 1 aromatic rings. The number of aromatic nitrogens is 2. The highest BCUT2D eigenvalue weighted by atomic mass is 16.1. The van der Waals surface area contributed by atoms with Gasteiger partial charge < -0.3 is 5.32 Å². The number of nitrogens with zero attached hydrogens (tertiary/aromatic N) is 1. The summed E-state index contributed by atoms with van der Waals surface area (Å²) in [5.41, 5.74) is 2.60. The largest absolute Gasteiger partial charge is 0.348 e. The van der Waals surface area contributed by atoms with Crippen LogP contribution in [-0.2, 0) is 0 Å². The molecular formula is C13H21N3O. The summed E-state index contributed by atoms with van der Waals surface area (Å²) < 4.78 is 0. The fraction of sp³-hybridized carbons (Fsp3) is 0.692. The van der Waals surface area contributed by atoms with Crippen LogP contribution >= 0.6 is 0 Å². The van der Waals surface area contributed by atoms with Gasteiger partial charge in [-0.1, -0.05) is 27.7 Å². The van der Waals surface area contributed by atoms with Crippen molar-refractivity contribution in [1.82, 2.24) is 15.5 Å². The van der Waals surface area contributed by atoms with Crippen LogP contribution in [0.15, 0.2) is 0 Å². The summed E-state index contributed by atoms with van der Waals surface area (Å²) in [5, 5.41) is 10.0. The lowest BCUT2D eigenvalue weighted by atomic mass is 10.0. The Morgan fingerprint density at radius 3 is 2.12 bits per heavy atom. The van der Waals surface area contributed by atoms with Gasteiger partial charge in [0.05, 0.1) is 11.3 Å². The van der Waals surface area contributed by atoms with Gasteiger partial charge in [-0.05, 0) is 24.7 Å². The molecule has 1 aliphatic rings. The number of hydrogen-bond acceptors (Lipinski definition) is 2. The molecule has 0 unspecified atom stereocenters. The molecular weight excluding hydrogens is 214 g/mol. The number of H-pyrrole nitrogens is 1. The van der Waals surface area contributed by atoms with E-state index in [2.05, 4.69) is 43.2 Å². The van der Waals surface area contributed by atoms with Crippen molar-refractivity contribution in [3.63, 3.8) is 0 Å². The van der Waals surface area contributed by atoms with Crippen molar-refractivity contribution in [2.75, 3.05) is 0 Å². The number of carbonyl (C=O) groups is 1. The quantitative estimate of drug-likeness (QED) is 0.825. The Kier molecular flexibility index (Phi) is 2.39. The van der Waals surface area contributed by atoms with Gasteiger partial charge in [-0.15, -0.1) is 0 Å². The summed E-state index contributed by atoms with van der Waals surface area (Å²) in [7, 11) is 0. The van der Waals surface area contributed by atoms with Gasteiger partial charge in [-0.3, -0.25) is 9.89 Å². The van der Waals surface area contributed by atoms with E-state index >= 15 is 0 Å². The van der Waals surface area contributed by atoms with Crippen LogP contribution in [0.4, 0.5) is 0 Å². The molecule has 4 nitrogen and oxygen atoms in total. The van der Waals surface area contributed by atoms with Crippen LogP contribution < -0.4 is 5.32 Å². The minimum Gasteiger partial charge on any atom is -0.348 e. The Hall–Kier alpha value is -1.32. The number of amides is 1. The van der Waals surface area contributed by atoms with Gasteiger partial charge in [0.2, 0.25) is 0 Å². The Bertz CT molecular complexity index is 438. The third-order valence-corrected chi connectivity index (χ3v) is 4.65. The molecule has 0 saturated heterocycles. The minimum atomic E-state index is -0.0163. The van der Waals surface area contributed by atoms with E-state index in [-0.39, 0.29) is 22.8 Å². The van der Waals surface area contributed by atoms with Gasteiger partial charge in [-0.2, -0.15) is 5.10 Å². The van der Waals surface area contributed by atoms with E-state index in [1.807, 2.05) is 13.8 Å². The van der Waals surface area contributed by atoms with Crippen LogP contribution in [0, 0.1) is 24.7 Å². The minimum absolute atomic E-state index is 0.0163. The number of nitrogens with one attached hydrogen (secondary N) is 2. The van der Waals surface area contributed by atoms with E-state index < -0.39 is 0 Å². The molecule has 2 rings (SSSR count). The van der Waals surface area contributed by atoms with Gasteiger partial charge in [0.1, 0.15) is 0 Å². The number of hydrogen-bond donors (Lipinski definition) is 2. The lowest BCUT2D eigenvalue weighted by Crippen LogP contribution is -2.30. The zero-order chi connectivity index (χ0) is 13.0. The molecule has 0 spiro atoms. The Labute approximate surface area is 102 Å². The molecule has 0 aromatic carbocycles. The third-order valence-electron chi connectivity index (χ3n) is 4.65. The normalized spacial score (nSPS) is 21.3. The zero-order valence-electron chi connectivity index (χ0n) is 11.4. The van der Waals surface area contributed by atoms with E-state index in [1.165, 1.54) is 0 Å². The van der Waals surface area contributed by atoms with Crippen LogP contribution in [0.1, 0.15) is 49.4 Å². The molecule has 1 saturated carbocycles. The smallest absolute Gasteiger partial charge is 0.255 e. The molecule has 0 atom stereocenters. The first kappa shape index (κ1) is 12.1. The summed E-state index contributed by atoms with van der Waals surface area (Å²) in [6.45, 7) is 12.5. The van der Waals surface area contributed by atoms with Crippen molar-refractivity contribution < 1.29 is 4.79 Å². The van der Waals surface area contributed by atoms with Crippen LogP contribution in [0.25, 0.3) is 0 Å². The third kappa shape index (κ3) is 1.58. The molecule has 94 valence electrons. The van der Waals surface area contributed by atoms with Crippen molar-refractivity contribution >= 4 is 5.91 Å². The second-order valence-electron chi connectivity index (χ2n) is 6.16. The zero-order valence-corrected chi connectivity index (χ0v) is 11.4. The molecule has 1 heterocycles. The predicted molar refractivity (Wildman–Crippen MR) is 66.9 cm³/mol.